The third-order valence-electron chi connectivity index (χ3n) is 5.94. The molecular weight excluding hydrogens is 438 g/mol. The summed E-state index contributed by atoms with van der Waals surface area (Å²) in [5.41, 5.74) is 0. The van der Waals surface area contributed by atoms with E-state index in [0.717, 1.165) is 58.0 Å². The topological polar surface area (TPSA) is 95.5 Å². The lowest BCUT2D eigenvalue weighted by Gasteiger charge is -2.26. The molecule has 0 radical (unpaired) electrons. The maximum Gasteiger partial charge on any atom is 0.305 e. The number of methoxy groups -OCH3 is 2. The van der Waals surface area contributed by atoms with E-state index >= 15 is 0 Å². The number of carbonyl (C=O) groups excluding carboxylic acids is 1. The van der Waals surface area contributed by atoms with Crippen molar-refractivity contribution >= 4 is 5.97 Å². The number of aliphatic hydroxyl groups excluding tert-OH is 1. The molecule has 1 fully saturated rings. The molecule has 0 saturated carbocycles. The summed E-state index contributed by atoms with van der Waals surface area (Å²) < 4.78 is 27.4. The van der Waals surface area contributed by atoms with Gasteiger partial charge in [0, 0.05) is 19.1 Å². The van der Waals surface area contributed by atoms with E-state index < -0.39 is 6.10 Å². The van der Waals surface area contributed by atoms with Crippen LogP contribution in [0.2, 0.25) is 0 Å². The van der Waals surface area contributed by atoms with E-state index in [1.165, 1.54) is 7.11 Å². The first-order valence-corrected chi connectivity index (χ1v) is 12.6. The third kappa shape index (κ3) is 12.0. The van der Waals surface area contributed by atoms with Gasteiger partial charge in [-0.3, -0.25) is 4.79 Å². The Balaban J connectivity index is 1.68. The minimum Gasteiger partial charge on any atom is -0.493 e. The highest BCUT2D eigenvalue weighted by molar-refractivity contribution is 5.68. The Kier molecular flexibility index (Phi) is 14.6. The molecule has 8 heteroatoms. The molecule has 0 amide bonds. The number of esters is 1. The monoisotopic (exact) mass is 481 g/mol. The van der Waals surface area contributed by atoms with Crippen LogP contribution in [0.25, 0.3) is 0 Å². The number of ether oxygens (including phenoxy) is 5. The molecule has 1 saturated heterocycles. The molecule has 194 valence electrons. The normalized spacial score (nSPS) is 17.7. The van der Waals surface area contributed by atoms with Gasteiger partial charge in [0.25, 0.3) is 0 Å². The molecule has 1 aromatic carbocycles. The zero-order valence-electron chi connectivity index (χ0n) is 20.8. The second-order valence-corrected chi connectivity index (χ2v) is 8.71. The molecule has 1 aromatic rings. The molecule has 3 unspecified atom stereocenters. The van der Waals surface area contributed by atoms with E-state index in [4.69, 9.17) is 18.9 Å². The van der Waals surface area contributed by atoms with Crippen LogP contribution in [-0.4, -0.2) is 70.1 Å². The van der Waals surface area contributed by atoms with Crippen LogP contribution >= 0.6 is 0 Å². The molecule has 34 heavy (non-hydrogen) atoms. The molecular formula is C26H43NO7. The van der Waals surface area contributed by atoms with E-state index in [9.17, 15) is 9.90 Å². The van der Waals surface area contributed by atoms with Crippen molar-refractivity contribution in [3.8, 4) is 11.5 Å². The maximum atomic E-state index is 11.2. The maximum absolute atomic E-state index is 11.2. The fourth-order valence-corrected chi connectivity index (χ4v) is 3.89. The Morgan fingerprint density at radius 2 is 1.88 bits per heavy atom. The Morgan fingerprint density at radius 1 is 1.09 bits per heavy atom. The van der Waals surface area contributed by atoms with Gasteiger partial charge in [-0.15, -0.1) is 0 Å². The lowest BCUT2D eigenvalue weighted by atomic mass is 10.1. The molecule has 8 nitrogen and oxygen atoms in total. The van der Waals surface area contributed by atoms with Crippen molar-refractivity contribution in [2.24, 2.45) is 0 Å². The average Bonchev–Trinajstić information content (AvgIpc) is 2.88. The molecule has 3 atom stereocenters. The second kappa shape index (κ2) is 17.5. The molecule has 1 aliphatic rings. The van der Waals surface area contributed by atoms with Gasteiger partial charge in [-0.25, -0.2) is 0 Å². The van der Waals surface area contributed by atoms with Gasteiger partial charge >= 0.3 is 5.97 Å². The average molecular weight is 482 g/mol. The predicted molar refractivity (Wildman–Crippen MR) is 130 cm³/mol. The number of hydrogen-bond donors (Lipinski definition) is 2. The van der Waals surface area contributed by atoms with Gasteiger partial charge in [-0.1, -0.05) is 31.4 Å². The quantitative estimate of drug-likeness (QED) is 0.241. The van der Waals surface area contributed by atoms with Crippen molar-refractivity contribution in [1.29, 1.82) is 0 Å². The first kappa shape index (κ1) is 28.4. The number of hydrogen-bond acceptors (Lipinski definition) is 8. The number of unbranched alkanes of at least 4 members (excludes halogenated alkanes) is 3. The zero-order chi connectivity index (χ0) is 24.4. The Bertz CT molecular complexity index is 666. The predicted octanol–water partition coefficient (Wildman–Crippen LogP) is 3.84. The van der Waals surface area contributed by atoms with Crippen molar-refractivity contribution in [3.05, 3.63) is 24.3 Å². The Hall–Kier alpha value is -1.87. The number of aliphatic hydroxyl groups is 1. The van der Waals surface area contributed by atoms with Crippen molar-refractivity contribution in [1.82, 2.24) is 5.32 Å². The zero-order valence-corrected chi connectivity index (χ0v) is 20.8. The van der Waals surface area contributed by atoms with Crippen molar-refractivity contribution in [2.45, 2.75) is 82.6 Å². The highest BCUT2D eigenvalue weighted by Crippen LogP contribution is 2.25. The van der Waals surface area contributed by atoms with Gasteiger partial charge in [0.1, 0.15) is 6.61 Å². The molecule has 2 rings (SSSR count). The molecule has 0 aliphatic carbocycles. The van der Waals surface area contributed by atoms with Gasteiger partial charge in [-0.2, -0.15) is 0 Å². The van der Waals surface area contributed by atoms with Crippen LogP contribution in [0.4, 0.5) is 0 Å². The van der Waals surface area contributed by atoms with E-state index in [0.29, 0.717) is 37.5 Å². The van der Waals surface area contributed by atoms with Crippen LogP contribution in [0.5, 0.6) is 11.5 Å². The van der Waals surface area contributed by atoms with Gasteiger partial charge in [0.2, 0.25) is 0 Å². The van der Waals surface area contributed by atoms with Crippen LogP contribution in [-0.2, 0) is 19.0 Å². The van der Waals surface area contributed by atoms with Gasteiger partial charge in [0.05, 0.1) is 26.9 Å². The number of carbonyl (C=O) groups is 1. The molecule has 2 N–H and O–H groups in total. The van der Waals surface area contributed by atoms with Crippen LogP contribution in [0.15, 0.2) is 24.3 Å². The van der Waals surface area contributed by atoms with Gasteiger partial charge in [0.15, 0.2) is 17.8 Å². The summed E-state index contributed by atoms with van der Waals surface area (Å²) >= 11 is 0. The third-order valence-corrected chi connectivity index (χ3v) is 5.94. The number of nitrogens with one attached hydrogen (secondary N) is 1. The van der Waals surface area contributed by atoms with E-state index in [1.807, 2.05) is 24.3 Å². The fourth-order valence-electron chi connectivity index (χ4n) is 3.89. The number of para-hydroxylation sites is 2. The first-order chi connectivity index (χ1) is 16.6. The summed E-state index contributed by atoms with van der Waals surface area (Å²) in [6, 6.07) is 7.61. The summed E-state index contributed by atoms with van der Waals surface area (Å²) in [6.07, 6.45) is 8.49. The van der Waals surface area contributed by atoms with Crippen molar-refractivity contribution in [2.75, 3.05) is 40.6 Å². The fraction of sp³-hybridized carbons (Fsp3) is 0.731. The molecule has 1 heterocycles. The van der Waals surface area contributed by atoms with Gasteiger partial charge < -0.3 is 34.1 Å². The summed E-state index contributed by atoms with van der Waals surface area (Å²) in [5.74, 6) is 1.14. The SMILES string of the molecule is COC(=O)CCCCCCC(COC1CCCCO1)NCCC(O)COc1ccccc1OC. The minimum atomic E-state index is -0.584. The lowest BCUT2D eigenvalue weighted by molar-refractivity contribution is -0.166. The largest absolute Gasteiger partial charge is 0.493 e. The Morgan fingerprint density at radius 3 is 2.62 bits per heavy atom. The second-order valence-electron chi connectivity index (χ2n) is 8.71. The highest BCUT2D eigenvalue weighted by Gasteiger charge is 2.17. The van der Waals surface area contributed by atoms with E-state index in [-0.39, 0.29) is 24.9 Å². The van der Waals surface area contributed by atoms with E-state index in [1.54, 1.807) is 7.11 Å². The summed E-state index contributed by atoms with van der Waals surface area (Å²) in [4.78, 5) is 11.2. The standard InChI is InChI=1S/C26H43NO7/c1-30-23-12-7-8-13-24(23)33-20-22(28)16-17-27-21(19-34-26-15-9-10-18-32-26)11-5-3-4-6-14-25(29)31-2/h7-8,12-13,21-22,26-28H,3-6,9-11,14-20H2,1-2H3. The minimum absolute atomic E-state index is 0.113. The smallest absolute Gasteiger partial charge is 0.305 e. The highest BCUT2D eigenvalue weighted by atomic mass is 16.7. The molecule has 0 bridgehead atoms. The summed E-state index contributed by atoms with van der Waals surface area (Å²) in [5, 5.41) is 13.9. The number of rotatable bonds is 18. The van der Waals surface area contributed by atoms with Crippen molar-refractivity contribution < 1.29 is 33.6 Å². The van der Waals surface area contributed by atoms with Crippen LogP contribution in [0.3, 0.4) is 0 Å². The van der Waals surface area contributed by atoms with E-state index in [2.05, 4.69) is 10.1 Å². The van der Waals surface area contributed by atoms with Crippen LogP contribution in [0, 0.1) is 0 Å². The molecule has 0 aromatic heterocycles. The summed E-state index contributed by atoms with van der Waals surface area (Å²) in [6.45, 7) is 2.22. The first-order valence-electron chi connectivity index (χ1n) is 12.6. The van der Waals surface area contributed by atoms with Crippen LogP contribution < -0.4 is 14.8 Å². The molecule has 0 spiro atoms. The van der Waals surface area contributed by atoms with Crippen LogP contribution in [0.1, 0.15) is 64.2 Å². The Labute approximate surface area is 204 Å². The summed E-state index contributed by atoms with van der Waals surface area (Å²) in [7, 11) is 3.03. The number of benzene rings is 1. The van der Waals surface area contributed by atoms with Crippen molar-refractivity contribution in [3.63, 3.8) is 0 Å². The van der Waals surface area contributed by atoms with Gasteiger partial charge in [-0.05, 0) is 57.2 Å². The lowest BCUT2D eigenvalue weighted by Crippen LogP contribution is -2.38. The molecule has 1 aliphatic heterocycles.